The van der Waals surface area contributed by atoms with Crippen molar-refractivity contribution in [1.29, 1.82) is 0 Å². The average molecular weight is 317 g/mol. The van der Waals surface area contributed by atoms with Crippen molar-refractivity contribution in [3.63, 3.8) is 0 Å². The summed E-state index contributed by atoms with van der Waals surface area (Å²) in [5, 5.41) is 0. The molecule has 0 aromatic rings. The largest absolute Gasteiger partial charge is 2.00 e. The standard InChI is InChI=1S/C12H26O4S.Mg.Na.3H/c1-2-3-4-5-6-7-8-9-10-11-12-16-17(13,14)15;;;;;/h2-12H2,1H3,(H,13,14,15);;;;;/q;+2;+1;3*-1. The molecule has 110 valence electrons. The van der Waals surface area contributed by atoms with E-state index in [1.165, 1.54) is 44.9 Å². The van der Waals surface area contributed by atoms with E-state index in [9.17, 15) is 8.42 Å². The zero-order chi connectivity index (χ0) is 13.0. The van der Waals surface area contributed by atoms with Gasteiger partial charge in [-0.15, -0.1) is 0 Å². The van der Waals surface area contributed by atoms with E-state index in [0.29, 0.717) is 6.42 Å². The van der Waals surface area contributed by atoms with Gasteiger partial charge >= 0.3 is 63.0 Å². The summed E-state index contributed by atoms with van der Waals surface area (Å²) in [5.74, 6) is 0. The summed E-state index contributed by atoms with van der Waals surface area (Å²) in [6, 6.07) is 0. The minimum absolute atomic E-state index is 0. The molecule has 0 spiro atoms. The first-order valence-corrected chi connectivity index (χ1v) is 8.04. The van der Waals surface area contributed by atoms with Crippen molar-refractivity contribution < 1.29 is 51.0 Å². The Morgan fingerprint density at radius 2 is 1.26 bits per heavy atom. The maximum atomic E-state index is 10.2. The molecule has 19 heavy (non-hydrogen) atoms. The molecule has 0 aliphatic rings. The normalized spacial score (nSPS) is 10.6. The molecule has 0 heterocycles. The van der Waals surface area contributed by atoms with Crippen LogP contribution in [0.4, 0.5) is 0 Å². The Labute approximate surface area is 161 Å². The average Bonchev–Trinajstić information content (AvgIpc) is 2.24. The number of hydrogen-bond donors (Lipinski definition) is 1. The maximum absolute atomic E-state index is 10.2. The summed E-state index contributed by atoms with van der Waals surface area (Å²) < 4.78 is 33.0. The summed E-state index contributed by atoms with van der Waals surface area (Å²) in [6.45, 7) is 2.31. The third kappa shape index (κ3) is 25.0. The fourth-order valence-corrected chi connectivity index (χ4v) is 2.08. The van der Waals surface area contributed by atoms with Gasteiger partial charge in [-0.2, -0.15) is 8.42 Å². The monoisotopic (exact) mass is 316 g/mol. The molecule has 0 unspecified atom stereocenters. The van der Waals surface area contributed by atoms with Crippen molar-refractivity contribution in [2.24, 2.45) is 0 Å². The van der Waals surface area contributed by atoms with E-state index in [4.69, 9.17) is 4.55 Å². The van der Waals surface area contributed by atoms with E-state index in [0.717, 1.165) is 12.8 Å². The van der Waals surface area contributed by atoms with Gasteiger partial charge < -0.3 is 4.28 Å². The van der Waals surface area contributed by atoms with Crippen LogP contribution in [-0.4, -0.2) is 42.6 Å². The molecule has 0 saturated heterocycles. The predicted molar refractivity (Wildman–Crippen MR) is 78.4 cm³/mol. The molecular formula is C12H29MgNaO4S. The summed E-state index contributed by atoms with van der Waals surface area (Å²) >= 11 is 0. The first-order valence-electron chi connectivity index (χ1n) is 6.68. The van der Waals surface area contributed by atoms with E-state index in [-0.39, 0.29) is 63.5 Å². The molecule has 0 saturated carbocycles. The zero-order valence-electron chi connectivity index (χ0n) is 15.6. The van der Waals surface area contributed by atoms with Crippen LogP contribution in [0.15, 0.2) is 0 Å². The molecular weight excluding hydrogens is 287 g/mol. The second kappa shape index (κ2) is 17.7. The molecule has 0 aromatic heterocycles. The van der Waals surface area contributed by atoms with E-state index in [2.05, 4.69) is 11.1 Å². The van der Waals surface area contributed by atoms with Gasteiger partial charge in [0.15, 0.2) is 0 Å². The van der Waals surface area contributed by atoms with Gasteiger partial charge in [0.2, 0.25) is 0 Å². The minimum Gasteiger partial charge on any atom is -1.00 e. The van der Waals surface area contributed by atoms with Crippen molar-refractivity contribution in [3.05, 3.63) is 0 Å². The van der Waals surface area contributed by atoms with Gasteiger partial charge in [0, 0.05) is 0 Å². The van der Waals surface area contributed by atoms with E-state index >= 15 is 0 Å². The first-order chi connectivity index (χ1) is 8.06. The van der Waals surface area contributed by atoms with Gasteiger partial charge in [0.1, 0.15) is 0 Å². The Morgan fingerprint density at radius 3 is 1.63 bits per heavy atom. The van der Waals surface area contributed by atoms with Crippen LogP contribution < -0.4 is 29.6 Å². The van der Waals surface area contributed by atoms with Crippen LogP contribution in [0, 0.1) is 0 Å². The summed E-state index contributed by atoms with van der Waals surface area (Å²) in [7, 11) is -4.23. The SMILES string of the molecule is CCCCCCCCCCCCOS(=O)(=O)O.[H-].[H-].[H-].[Mg+2].[Na+]. The molecule has 0 rings (SSSR count). The van der Waals surface area contributed by atoms with Gasteiger partial charge in [0.25, 0.3) is 0 Å². The van der Waals surface area contributed by atoms with Crippen molar-refractivity contribution in [2.75, 3.05) is 6.61 Å². The fraction of sp³-hybridized carbons (Fsp3) is 1.00. The molecule has 0 atom stereocenters. The third-order valence-corrected chi connectivity index (χ3v) is 3.19. The van der Waals surface area contributed by atoms with Gasteiger partial charge in [-0.25, -0.2) is 4.18 Å². The number of hydrogen-bond acceptors (Lipinski definition) is 3. The molecule has 4 nitrogen and oxygen atoms in total. The Balaban J connectivity index is -0.000000128. The molecule has 0 bridgehead atoms. The molecule has 0 amide bonds. The van der Waals surface area contributed by atoms with Crippen molar-refractivity contribution in [3.8, 4) is 0 Å². The molecule has 0 radical (unpaired) electrons. The predicted octanol–water partition coefficient (Wildman–Crippen LogP) is 0.687. The van der Waals surface area contributed by atoms with Crippen LogP contribution in [0.25, 0.3) is 0 Å². The smallest absolute Gasteiger partial charge is 1.00 e. The number of unbranched alkanes of at least 4 members (excludes halogenated alkanes) is 9. The minimum atomic E-state index is -4.23. The van der Waals surface area contributed by atoms with Gasteiger partial charge in [0.05, 0.1) is 6.61 Å². The van der Waals surface area contributed by atoms with Crippen LogP contribution in [0.2, 0.25) is 0 Å². The van der Waals surface area contributed by atoms with Crippen molar-refractivity contribution in [1.82, 2.24) is 0 Å². The molecule has 0 aliphatic heterocycles. The van der Waals surface area contributed by atoms with Crippen LogP contribution in [0.3, 0.4) is 0 Å². The van der Waals surface area contributed by atoms with E-state index in [1.807, 2.05) is 0 Å². The van der Waals surface area contributed by atoms with Gasteiger partial charge in [-0.05, 0) is 6.42 Å². The quantitative estimate of drug-likeness (QED) is 0.327. The number of rotatable bonds is 12. The van der Waals surface area contributed by atoms with Crippen molar-refractivity contribution >= 4 is 33.5 Å². The summed E-state index contributed by atoms with van der Waals surface area (Å²) in [6.07, 6.45) is 11.9. The summed E-state index contributed by atoms with van der Waals surface area (Å²) in [4.78, 5) is 0. The third-order valence-electron chi connectivity index (χ3n) is 2.73. The zero-order valence-corrected chi connectivity index (χ0v) is 16.8. The van der Waals surface area contributed by atoms with Crippen LogP contribution in [0.1, 0.15) is 75.4 Å². The molecule has 1 N–H and O–H groups in total. The molecule has 7 heteroatoms. The van der Waals surface area contributed by atoms with E-state index < -0.39 is 10.4 Å². The second-order valence-electron chi connectivity index (χ2n) is 4.43. The first kappa shape index (κ1) is 25.6. The molecule has 0 aliphatic carbocycles. The molecule has 0 aromatic carbocycles. The van der Waals surface area contributed by atoms with Crippen LogP contribution >= 0.6 is 0 Å². The van der Waals surface area contributed by atoms with E-state index in [1.54, 1.807) is 0 Å². The Kier molecular flexibility index (Phi) is 23.8. The molecule has 0 fully saturated rings. The Hall–Kier alpha value is 1.64. The van der Waals surface area contributed by atoms with Crippen LogP contribution in [-0.2, 0) is 14.6 Å². The van der Waals surface area contributed by atoms with Crippen LogP contribution in [0.5, 0.6) is 0 Å². The van der Waals surface area contributed by atoms with Gasteiger partial charge in [-0.3, -0.25) is 4.55 Å². The Morgan fingerprint density at radius 1 is 0.895 bits per heavy atom. The van der Waals surface area contributed by atoms with Crippen molar-refractivity contribution in [2.45, 2.75) is 71.1 Å². The Bertz CT molecular complexity index is 273. The maximum Gasteiger partial charge on any atom is 2.00 e. The fourth-order valence-electron chi connectivity index (χ4n) is 1.75. The summed E-state index contributed by atoms with van der Waals surface area (Å²) in [5.41, 5.74) is 0. The van der Waals surface area contributed by atoms with Gasteiger partial charge in [-0.1, -0.05) is 64.7 Å². The topological polar surface area (TPSA) is 63.6 Å². The second-order valence-corrected chi connectivity index (χ2v) is 5.52.